The van der Waals surface area contributed by atoms with Crippen molar-refractivity contribution in [2.75, 3.05) is 0 Å². The highest BCUT2D eigenvalue weighted by Crippen LogP contribution is 2.44. The molecule has 0 saturated heterocycles. The predicted octanol–water partition coefficient (Wildman–Crippen LogP) is 20.1. The summed E-state index contributed by atoms with van der Waals surface area (Å²) in [7, 11) is 0. The molecule has 12 rings (SSSR count). The molecule has 6 aromatic carbocycles. The molecule has 8 aromatic rings. The number of nitrogens with zero attached hydrogens (tertiary/aromatic N) is 2. The number of benzene rings is 6. The molecule has 4 saturated carbocycles. The van der Waals surface area contributed by atoms with Gasteiger partial charge in [-0.05, 0) is 207 Å². The minimum absolute atomic E-state index is 0.372. The normalized spacial score (nSPS) is 19.7. The molecule has 0 N–H and O–H groups in total. The summed E-state index contributed by atoms with van der Waals surface area (Å²) in [5.41, 5.74) is 14.7. The molecule has 2 nitrogen and oxygen atoms in total. The summed E-state index contributed by atoms with van der Waals surface area (Å²) in [6.45, 7) is 10.1. The van der Waals surface area contributed by atoms with Crippen LogP contribution in [0.1, 0.15) is 189 Å². The minimum Gasteiger partial charge on any atom is -0.256 e. The van der Waals surface area contributed by atoms with E-state index >= 15 is 0 Å². The molecule has 2 heteroatoms. The van der Waals surface area contributed by atoms with E-state index in [4.69, 9.17) is 9.97 Å². The average Bonchev–Trinajstić information content (AvgIpc) is 3.38. The van der Waals surface area contributed by atoms with Crippen LogP contribution in [0.5, 0.6) is 0 Å². The van der Waals surface area contributed by atoms with Crippen molar-refractivity contribution in [1.82, 2.24) is 9.97 Å². The molecule has 2 aromatic heterocycles. The maximum Gasteiger partial charge on any atom is 0.0708 e. The van der Waals surface area contributed by atoms with Crippen molar-refractivity contribution >= 4 is 43.1 Å². The zero-order valence-corrected chi connectivity index (χ0v) is 45.1. The predicted molar refractivity (Wildman–Crippen MR) is 312 cm³/mol. The quantitative estimate of drug-likeness (QED) is 0.122. The summed E-state index contributed by atoms with van der Waals surface area (Å²) in [6.07, 6.45) is 36.8. The molecule has 4 aliphatic rings. The molecule has 4 fully saturated rings. The van der Waals surface area contributed by atoms with Gasteiger partial charge in [-0.25, -0.2) is 0 Å². The number of pyridine rings is 2. The van der Waals surface area contributed by atoms with E-state index in [0.717, 1.165) is 43.5 Å². The maximum absolute atomic E-state index is 5.24. The van der Waals surface area contributed by atoms with E-state index < -0.39 is 0 Å². The zero-order valence-electron chi connectivity index (χ0n) is 45.1. The lowest BCUT2D eigenvalue weighted by molar-refractivity contribution is 0.215. The van der Waals surface area contributed by atoms with Crippen LogP contribution in [0, 0.1) is 21.7 Å². The van der Waals surface area contributed by atoms with E-state index in [0.29, 0.717) is 21.7 Å². The van der Waals surface area contributed by atoms with Crippen molar-refractivity contribution in [3.05, 3.63) is 155 Å². The number of hydrogen-bond acceptors (Lipinski definition) is 2. The van der Waals surface area contributed by atoms with Gasteiger partial charge in [0.1, 0.15) is 0 Å². The molecule has 73 heavy (non-hydrogen) atoms. The average molecular weight is 963 g/mol. The van der Waals surface area contributed by atoms with Crippen molar-refractivity contribution < 1.29 is 0 Å². The summed E-state index contributed by atoms with van der Waals surface area (Å²) in [5.74, 6) is 0. The van der Waals surface area contributed by atoms with Gasteiger partial charge >= 0.3 is 0 Å². The lowest BCUT2D eigenvalue weighted by Gasteiger charge is -2.34. The van der Waals surface area contributed by atoms with Crippen LogP contribution in [0.4, 0.5) is 0 Å². The Morgan fingerprint density at radius 1 is 0.315 bits per heavy atom. The van der Waals surface area contributed by atoms with Crippen LogP contribution in [0.25, 0.3) is 65.6 Å². The minimum atomic E-state index is 0.372. The summed E-state index contributed by atoms with van der Waals surface area (Å²) in [4.78, 5) is 10.5. The van der Waals surface area contributed by atoms with Crippen molar-refractivity contribution in [2.24, 2.45) is 21.7 Å². The second-order valence-corrected chi connectivity index (χ2v) is 26.3. The molecule has 0 aliphatic heterocycles. The first kappa shape index (κ1) is 48.6. The van der Waals surface area contributed by atoms with Gasteiger partial charge in [-0.1, -0.05) is 178 Å². The third-order valence-corrected chi connectivity index (χ3v) is 19.5. The number of aromatic nitrogens is 2. The second kappa shape index (κ2) is 20.1. The first-order chi connectivity index (χ1) is 35.4. The van der Waals surface area contributed by atoms with Crippen LogP contribution in [0.2, 0.25) is 0 Å². The summed E-state index contributed by atoms with van der Waals surface area (Å²) in [5, 5.41) is 10.4. The second-order valence-electron chi connectivity index (χ2n) is 26.3. The highest BCUT2D eigenvalue weighted by Gasteiger charge is 2.31. The molecule has 0 radical (unpaired) electrons. The molecule has 376 valence electrons. The summed E-state index contributed by atoms with van der Waals surface area (Å²) in [6, 6.07) is 43.9. The van der Waals surface area contributed by atoms with Crippen LogP contribution in [0.3, 0.4) is 0 Å². The van der Waals surface area contributed by atoms with Gasteiger partial charge in [0, 0.05) is 34.3 Å². The molecule has 0 amide bonds. The lowest BCUT2D eigenvalue weighted by Crippen LogP contribution is -2.22. The van der Waals surface area contributed by atoms with Crippen LogP contribution >= 0.6 is 0 Å². The lowest BCUT2D eigenvalue weighted by atomic mass is 9.72. The SMILES string of the molecule is CC1(Cc2ccc3cnc(-c4cc(Cc5cc(-c6cc7cc(CC8(C)CCCCC8)ccc7cn6)cc6cc(CC7(C)CCCCC7)ccc56)c5ccc(CC6(C)CCCCC6)cc5c4)cc3c2)CCCCC1. The monoisotopic (exact) mass is 963 g/mol. The first-order valence-electron chi connectivity index (χ1n) is 29.3. The van der Waals surface area contributed by atoms with Gasteiger partial charge < -0.3 is 0 Å². The highest BCUT2D eigenvalue weighted by molar-refractivity contribution is 5.96. The fraction of sp³-hybridized carbons (Fsp3) is 0.465. The van der Waals surface area contributed by atoms with Gasteiger partial charge in [0.25, 0.3) is 0 Å². The van der Waals surface area contributed by atoms with Gasteiger partial charge in [-0.3, -0.25) is 9.97 Å². The van der Waals surface area contributed by atoms with E-state index in [1.165, 1.54) is 216 Å². The van der Waals surface area contributed by atoms with E-state index in [9.17, 15) is 0 Å². The molecular formula is C71H82N2. The molecule has 0 unspecified atom stereocenters. The van der Waals surface area contributed by atoms with Crippen LogP contribution in [-0.4, -0.2) is 9.97 Å². The number of rotatable bonds is 12. The van der Waals surface area contributed by atoms with Gasteiger partial charge in [0.2, 0.25) is 0 Å². The largest absolute Gasteiger partial charge is 0.256 e. The van der Waals surface area contributed by atoms with Crippen molar-refractivity contribution in [3.8, 4) is 22.5 Å². The van der Waals surface area contributed by atoms with Crippen molar-refractivity contribution in [2.45, 2.75) is 188 Å². The van der Waals surface area contributed by atoms with Crippen molar-refractivity contribution in [3.63, 3.8) is 0 Å². The van der Waals surface area contributed by atoms with E-state index in [2.05, 4.69) is 149 Å². The van der Waals surface area contributed by atoms with E-state index in [-0.39, 0.29) is 0 Å². The van der Waals surface area contributed by atoms with Gasteiger partial charge in [-0.15, -0.1) is 0 Å². The third kappa shape index (κ3) is 10.8. The molecule has 2 heterocycles. The molecule has 0 atom stereocenters. The Kier molecular flexibility index (Phi) is 13.4. The van der Waals surface area contributed by atoms with E-state index in [1.54, 1.807) is 0 Å². The maximum atomic E-state index is 5.24. The Bertz CT molecular complexity index is 3070. The highest BCUT2D eigenvalue weighted by atomic mass is 14.7. The third-order valence-electron chi connectivity index (χ3n) is 19.5. The van der Waals surface area contributed by atoms with Crippen LogP contribution in [0.15, 0.2) is 122 Å². The Balaban J connectivity index is 0.963. The first-order valence-corrected chi connectivity index (χ1v) is 29.3. The number of fused-ring (bicyclic) bond motifs is 4. The van der Waals surface area contributed by atoms with Gasteiger partial charge in [-0.2, -0.15) is 0 Å². The molecule has 4 aliphatic carbocycles. The van der Waals surface area contributed by atoms with Gasteiger partial charge in [0.05, 0.1) is 11.4 Å². The van der Waals surface area contributed by atoms with Crippen LogP contribution in [-0.2, 0) is 32.1 Å². The Morgan fingerprint density at radius 2 is 0.630 bits per heavy atom. The van der Waals surface area contributed by atoms with Gasteiger partial charge in [0.15, 0.2) is 0 Å². The molecule has 0 spiro atoms. The number of hydrogen-bond donors (Lipinski definition) is 0. The summed E-state index contributed by atoms with van der Waals surface area (Å²) >= 11 is 0. The fourth-order valence-corrected chi connectivity index (χ4v) is 15.2. The van der Waals surface area contributed by atoms with E-state index in [1.807, 2.05) is 0 Å². The topological polar surface area (TPSA) is 25.8 Å². The Morgan fingerprint density at radius 3 is 0.973 bits per heavy atom. The zero-order chi connectivity index (χ0) is 49.6. The fourth-order valence-electron chi connectivity index (χ4n) is 15.2. The van der Waals surface area contributed by atoms with Crippen molar-refractivity contribution in [1.29, 1.82) is 0 Å². The summed E-state index contributed by atoms with van der Waals surface area (Å²) < 4.78 is 0. The Hall–Kier alpha value is -5.34. The smallest absolute Gasteiger partial charge is 0.0708 e. The Labute approximate surface area is 438 Å². The molecule has 0 bridgehead atoms. The molecular weight excluding hydrogens is 881 g/mol. The van der Waals surface area contributed by atoms with Crippen LogP contribution < -0.4 is 0 Å². The standard InChI is InChI=1S/C71H82N2/c1-68(25-9-5-10-26-68)44-50-17-21-54-48-72-66(42-56(54)33-50)62-38-58-35-52(46-70(3)29-13-7-14-30-70)19-23-64(58)60(40-62)37-61-41-63(39-59-36-53(20-24-65(59)61)47-71(4)31-15-8-16-32-71)67-43-57-34-51(18-22-55(57)49-73-67)45-69(2)27-11-6-12-28-69/h17-24,33-36,38-43,48-49H,5-16,25-32,37,44-47H2,1-4H3.